The van der Waals surface area contributed by atoms with Crippen LogP contribution in [-0.2, 0) is 30.8 Å². The Morgan fingerprint density at radius 3 is 2.28 bits per heavy atom. The molecular weight excluding hydrogens is 542 g/mol. The van der Waals surface area contributed by atoms with Crippen molar-refractivity contribution in [3.63, 3.8) is 0 Å². The van der Waals surface area contributed by atoms with Crippen LogP contribution in [0, 0.1) is 0 Å². The van der Waals surface area contributed by atoms with E-state index >= 15 is 0 Å². The Morgan fingerprint density at radius 2 is 1.64 bits per heavy atom. The van der Waals surface area contributed by atoms with Gasteiger partial charge in [0.2, 0.25) is 0 Å². The number of para-hydroxylation sites is 1. The van der Waals surface area contributed by atoms with E-state index in [4.69, 9.17) is 9.47 Å². The minimum atomic E-state index is -3.85. The number of hydrogen-bond donors (Lipinski definition) is 0. The third-order valence-corrected chi connectivity index (χ3v) is 8.63. The van der Waals surface area contributed by atoms with Gasteiger partial charge in [0.25, 0.3) is 15.9 Å². The van der Waals surface area contributed by atoms with Gasteiger partial charge in [-0.25, -0.2) is 13.2 Å². The van der Waals surface area contributed by atoms with Crippen LogP contribution in [0.15, 0.2) is 82.7 Å². The fourth-order valence-corrected chi connectivity index (χ4v) is 5.96. The Balaban J connectivity index is 1.69. The molecule has 4 rings (SSSR count). The number of carbonyl (C=O) groups is 3. The summed E-state index contributed by atoms with van der Waals surface area (Å²) in [5.74, 6) is -1.67. The van der Waals surface area contributed by atoms with E-state index in [2.05, 4.69) is 4.99 Å². The van der Waals surface area contributed by atoms with Crippen LogP contribution in [0.5, 0.6) is 0 Å². The third kappa shape index (κ3) is 5.91. The predicted octanol–water partition coefficient (Wildman–Crippen LogP) is 3.62. The second kappa shape index (κ2) is 11.6. The molecule has 1 heterocycles. The first-order valence-corrected chi connectivity index (χ1v) is 14.0. The standard InChI is InChI=1S/C27H25N3O7S2/c1-4-37-26(33)19-12-15-22-23(16-19)38-27(30(22)17-24(31)36-3)28-25(32)18-10-13-21(14-11-18)39(34,35)29(2)20-8-6-5-7-9-20/h5-16H,4,17H2,1-3H3. The van der Waals surface area contributed by atoms with E-state index < -0.39 is 27.9 Å². The maximum atomic E-state index is 13.1. The molecule has 0 bridgehead atoms. The average molecular weight is 568 g/mol. The molecule has 0 N–H and O–H groups in total. The van der Waals surface area contributed by atoms with Crippen LogP contribution < -0.4 is 9.11 Å². The van der Waals surface area contributed by atoms with Gasteiger partial charge in [-0.2, -0.15) is 4.99 Å². The molecule has 0 aliphatic rings. The van der Waals surface area contributed by atoms with Crippen molar-refractivity contribution in [1.29, 1.82) is 0 Å². The minimum Gasteiger partial charge on any atom is -0.468 e. The summed E-state index contributed by atoms with van der Waals surface area (Å²) in [6.07, 6.45) is 0. The smallest absolute Gasteiger partial charge is 0.338 e. The monoisotopic (exact) mass is 567 g/mol. The van der Waals surface area contributed by atoms with Crippen LogP contribution in [0.4, 0.5) is 5.69 Å². The van der Waals surface area contributed by atoms with Crippen LogP contribution >= 0.6 is 11.3 Å². The first-order valence-electron chi connectivity index (χ1n) is 11.8. The summed E-state index contributed by atoms with van der Waals surface area (Å²) in [7, 11) is -1.14. The number of ether oxygens (including phenoxy) is 2. The SMILES string of the molecule is CCOC(=O)c1ccc2c(c1)sc(=NC(=O)c1ccc(S(=O)(=O)N(C)c3ccccc3)cc1)n2CC(=O)OC. The molecule has 0 saturated carbocycles. The molecule has 1 amide bonds. The van der Waals surface area contributed by atoms with E-state index in [1.807, 2.05) is 0 Å². The fourth-order valence-electron chi connectivity index (χ4n) is 3.70. The lowest BCUT2D eigenvalue weighted by molar-refractivity contribution is -0.141. The maximum Gasteiger partial charge on any atom is 0.338 e. The number of fused-ring (bicyclic) bond motifs is 1. The number of benzene rings is 3. The molecule has 39 heavy (non-hydrogen) atoms. The zero-order chi connectivity index (χ0) is 28.2. The Morgan fingerprint density at radius 1 is 0.974 bits per heavy atom. The van der Waals surface area contributed by atoms with Crippen LogP contribution in [-0.4, -0.2) is 51.6 Å². The molecule has 0 fully saturated rings. The molecule has 0 radical (unpaired) electrons. The minimum absolute atomic E-state index is 0.0134. The van der Waals surface area contributed by atoms with Gasteiger partial charge in [-0.05, 0) is 61.5 Å². The lowest BCUT2D eigenvalue weighted by atomic mass is 10.2. The van der Waals surface area contributed by atoms with Gasteiger partial charge in [-0.3, -0.25) is 13.9 Å². The summed E-state index contributed by atoms with van der Waals surface area (Å²) in [6, 6.07) is 18.9. The second-order valence-corrected chi connectivity index (χ2v) is 11.2. The van der Waals surface area contributed by atoms with E-state index in [0.717, 1.165) is 15.6 Å². The second-order valence-electron chi connectivity index (χ2n) is 8.20. The van der Waals surface area contributed by atoms with Crippen LogP contribution in [0.1, 0.15) is 27.6 Å². The zero-order valence-electron chi connectivity index (χ0n) is 21.4. The van der Waals surface area contributed by atoms with Crippen LogP contribution in [0.25, 0.3) is 10.2 Å². The van der Waals surface area contributed by atoms with E-state index in [9.17, 15) is 22.8 Å². The van der Waals surface area contributed by atoms with Crippen molar-refractivity contribution in [3.8, 4) is 0 Å². The van der Waals surface area contributed by atoms with Crippen molar-refractivity contribution in [2.75, 3.05) is 25.1 Å². The van der Waals surface area contributed by atoms with E-state index in [1.54, 1.807) is 55.5 Å². The number of esters is 2. The molecule has 3 aromatic carbocycles. The van der Waals surface area contributed by atoms with Crippen molar-refractivity contribution >= 4 is 55.1 Å². The Kier molecular flexibility index (Phi) is 8.27. The normalized spacial score (nSPS) is 11.8. The van der Waals surface area contributed by atoms with E-state index in [-0.39, 0.29) is 28.4 Å². The molecule has 0 atom stereocenters. The number of nitrogens with zero attached hydrogens (tertiary/aromatic N) is 3. The first-order chi connectivity index (χ1) is 18.6. The molecule has 202 valence electrons. The van der Waals surface area contributed by atoms with Crippen molar-refractivity contribution in [2.45, 2.75) is 18.4 Å². The van der Waals surface area contributed by atoms with Gasteiger partial charge in [0.1, 0.15) is 6.54 Å². The largest absolute Gasteiger partial charge is 0.468 e. The number of sulfonamides is 1. The highest BCUT2D eigenvalue weighted by atomic mass is 32.2. The van der Waals surface area contributed by atoms with Gasteiger partial charge in [0.15, 0.2) is 4.80 Å². The molecule has 0 saturated heterocycles. The van der Waals surface area contributed by atoms with E-state index in [1.165, 1.54) is 43.0 Å². The van der Waals surface area contributed by atoms with Gasteiger partial charge >= 0.3 is 11.9 Å². The Bertz CT molecular complexity index is 1710. The summed E-state index contributed by atoms with van der Waals surface area (Å²) in [6.45, 7) is 1.73. The molecule has 0 spiro atoms. The fraction of sp³-hybridized carbons (Fsp3) is 0.185. The summed E-state index contributed by atoms with van der Waals surface area (Å²) in [5.41, 5.74) is 1.56. The molecule has 0 unspecified atom stereocenters. The summed E-state index contributed by atoms with van der Waals surface area (Å²) in [5, 5.41) is 0. The first kappa shape index (κ1) is 27.7. The molecular formula is C27H25N3O7S2. The Hall–Kier alpha value is -4.29. The average Bonchev–Trinajstić information content (AvgIpc) is 3.28. The molecule has 4 aromatic rings. The highest BCUT2D eigenvalue weighted by molar-refractivity contribution is 7.92. The highest BCUT2D eigenvalue weighted by Gasteiger charge is 2.22. The molecule has 0 aliphatic heterocycles. The number of amides is 1. The van der Waals surface area contributed by atoms with Crippen molar-refractivity contribution in [2.24, 2.45) is 4.99 Å². The number of anilines is 1. The van der Waals surface area contributed by atoms with Crippen molar-refractivity contribution < 1.29 is 32.3 Å². The lowest BCUT2D eigenvalue weighted by Crippen LogP contribution is -2.26. The van der Waals surface area contributed by atoms with Crippen molar-refractivity contribution in [3.05, 3.63) is 88.7 Å². The number of rotatable bonds is 8. The zero-order valence-corrected chi connectivity index (χ0v) is 23.0. The summed E-state index contributed by atoms with van der Waals surface area (Å²) in [4.78, 5) is 41.7. The van der Waals surface area contributed by atoms with E-state index in [0.29, 0.717) is 21.5 Å². The number of hydrogen-bond acceptors (Lipinski definition) is 8. The van der Waals surface area contributed by atoms with Crippen LogP contribution in [0.2, 0.25) is 0 Å². The summed E-state index contributed by atoms with van der Waals surface area (Å²) >= 11 is 1.12. The maximum absolute atomic E-state index is 13.1. The highest BCUT2D eigenvalue weighted by Crippen LogP contribution is 2.23. The van der Waals surface area contributed by atoms with Gasteiger partial charge in [0, 0.05) is 12.6 Å². The quantitative estimate of drug-likeness (QED) is 0.298. The van der Waals surface area contributed by atoms with Gasteiger partial charge in [-0.1, -0.05) is 29.5 Å². The number of methoxy groups -OCH3 is 1. The molecule has 0 aliphatic carbocycles. The number of thiazole rings is 1. The van der Waals surface area contributed by atoms with Gasteiger partial charge in [-0.15, -0.1) is 0 Å². The predicted molar refractivity (Wildman–Crippen MR) is 146 cm³/mol. The molecule has 1 aromatic heterocycles. The van der Waals surface area contributed by atoms with Gasteiger partial charge in [0.05, 0.1) is 40.1 Å². The number of carbonyl (C=O) groups excluding carboxylic acids is 3. The number of aromatic nitrogens is 1. The topological polar surface area (TPSA) is 124 Å². The Labute approximate surface area is 228 Å². The third-order valence-electron chi connectivity index (χ3n) is 5.79. The molecule has 10 nitrogen and oxygen atoms in total. The summed E-state index contributed by atoms with van der Waals surface area (Å²) < 4.78 is 39.2. The molecule has 12 heteroatoms. The van der Waals surface area contributed by atoms with Crippen LogP contribution in [0.3, 0.4) is 0 Å². The van der Waals surface area contributed by atoms with Gasteiger partial charge < -0.3 is 14.0 Å². The lowest BCUT2D eigenvalue weighted by Gasteiger charge is -2.19. The van der Waals surface area contributed by atoms with Crippen molar-refractivity contribution in [1.82, 2.24) is 4.57 Å².